The average Bonchev–Trinajstić information content (AvgIpc) is 3.10. The molecule has 1 aromatic carbocycles. The lowest BCUT2D eigenvalue weighted by atomic mass is 10.2. The van der Waals surface area contributed by atoms with Crippen molar-refractivity contribution in [3.05, 3.63) is 56.7 Å². The molecular weight excluding hydrogens is 351 g/mol. The zero-order valence-electron chi connectivity index (χ0n) is 13.1. The third kappa shape index (κ3) is 3.30. The van der Waals surface area contributed by atoms with Crippen molar-refractivity contribution in [3.63, 3.8) is 0 Å². The summed E-state index contributed by atoms with van der Waals surface area (Å²) in [5.41, 5.74) is 6.25. The Kier molecular flexibility index (Phi) is 4.36. The second kappa shape index (κ2) is 6.18. The number of hydrogen-bond donors (Lipinski definition) is 2. The molecule has 1 heterocycles. The van der Waals surface area contributed by atoms with E-state index in [1.807, 2.05) is 30.3 Å². The van der Waals surface area contributed by atoms with Gasteiger partial charge in [-0.05, 0) is 12.0 Å². The van der Waals surface area contributed by atoms with E-state index in [1.165, 1.54) is 4.57 Å². The number of halogens is 2. The lowest BCUT2D eigenvalue weighted by Crippen LogP contribution is -2.38. The van der Waals surface area contributed by atoms with Crippen LogP contribution in [0.5, 0.6) is 0 Å². The number of nitrogens with one attached hydrogen (secondary N) is 1. The Bertz CT molecular complexity index is 861. The van der Waals surface area contributed by atoms with E-state index >= 15 is 0 Å². The second-order valence-corrected chi connectivity index (χ2v) is 7.65. The number of aromatic nitrogens is 2. The Hall–Kier alpha value is -1.92. The van der Waals surface area contributed by atoms with Crippen LogP contribution >= 0.6 is 23.2 Å². The van der Waals surface area contributed by atoms with Gasteiger partial charge in [0.2, 0.25) is 0 Å². The molecule has 3 N–H and O–H groups in total. The summed E-state index contributed by atoms with van der Waals surface area (Å²) in [6.07, 6.45) is 0.669. The fraction of sp³-hybridized carbons (Fsp3) is 0.375. The van der Waals surface area contributed by atoms with Gasteiger partial charge in [-0.15, -0.1) is 23.2 Å². The maximum absolute atomic E-state index is 12.2. The van der Waals surface area contributed by atoms with Gasteiger partial charge in [-0.3, -0.25) is 14.3 Å². The van der Waals surface area contributed by atoms with Crippen LogP contribution < -0.4 is 21.9 Å². The highest BCUT2D eigenvalue weighted by atomic mass is 35.5. The molecule has 3 rings (SSSR count). The van der Waals surface area contributed by atoms with Crippen LogP contribution in [-0.2, 0) is 6.54 Å². The Morgan fingerprint density at radius 2 is 1.96 bits per heavy atom. The molecule has 1 aromatic heterocycles. The molecule has 0 saturated heterocycles. The van der Waals surface area contributed by atoms with Crippen molar-refractivity contribution < 1.29 is 0 Å². The molecule has 0 aliphatic heterocycles. The van der Waals surface area contributed by atoms with Crippen LogP contribution in [0.3, 0.4) is 0 Å². The van der Waals surface area contributed by atoms with E-state index in [0.717, 1.165) is 5.56 Å². The molecule has 24 heavy (non-hydrogen) atoms. The largest absolute Gasteiger partial charge is 0.383 e. The highest BCUT2D eigenvalue weighted by molar-refractivity contribution is 6.50. The monoisotopic (exact) mass is 368 g/mol. The predicted octanol–water partition coefficient (Wildman–Crippen LogP) is 1.80. The number of benzene rings is 1. The molecule has 6 nitrogen and oxygen atoms in total. The summed E-state index contributed by atoms with van der Waals surface area (Å²) in [6.45, 7) is 0.769. The number of aromatic amines is 1. The van der Waals surface area contributed by atoms with Crippen LogP contribution in [-0.4, -0.2) is 27.5 Å². The summed E-state index contributed by atoms with van der Waals surface area (Å²) >= 11 is 12.1. The first kappa shape index (κ1) is 16.9. The molecule has 0 amide bonds. The van der Waals surface area contributed by atoms with Crippen molar-refractivity contribution >= 4 is 34.7 Å². The number of alkyl halides is 2. The van der Waals surface area contributed by atoms with E-state index in [-0.39, 0.29) is 24.0 Å². The first-order valence-corrected chi connectivity index (χ1v) is 8.30. The number of nitrogens with two attached hydrogens (primary N) is 1. The van der Waals surface area contributed by atoms with Crippen molar-refractivity contribution in [2.24, 2.45) is 5.92 Å². The van der Waals surface area contributed by atoms with Gasteiger partial charge in [0, 0.05) is 19.5 Å². The number of hydrogen-bond acceptors (Lipinski definition) is 4. The van der Waals surface area contributed by atoms with Crippen LogP contribution in [0.2, 0.25) is 0 Å². The van der Waals surface area contributed by atoms with Gasteiger partial charge >= 0.3 is 5.69 Å². The van der Waals surface area contributed by atoms with Gasteiger partial charge in [-0.25, -0.2) is 4.79 Å². The lowest BCUT2D eigenvalue weighted by Gasteiger charge is -2.22. The smallest absolute Gasteiger partial charge is 0.330 e. The van der Waals surface area contributed by atoms with Gasteiger partial charge in [-0.1, -0.05) is 30.3 Å². The van der Waals surface area contributed by atoms with Crippen molar-refractivity contribution in [3.8, 4) is 0 Å². The van der Waals surface area contributed by atoms with E-state index in [4.69, 9.17) is 28.9 Å². The average molecular weight is 369 g/mol. The maximum atomic E-state index is 12.2. The summed E-state index contributed by atoms with van der Waals surface area (Å²) in [7, 11) is 1.74. The van der Waals surface area contributed by atoms with E-state index < -0.39 is 15.6 Å². The minimum absolute atomic E-state index is 0.0686. The summed E-state index contributed by atoms with van der Waals surface area (Å²) in [6, 6.07) is 9.42. The molecule has 1 aliphatic rings. The number of rotatable bonds is 5. The van der Waals surface area contributed by atoms with Crippen LogP contribution in [0, 0.1) is 5.92 Å². The van der Waals surface area contributed by atoms with Crippen LogP contribution in [0.15, 0.2) is 39.9 Å². The molecule has 8 heteroatoms. The molecule has 1 fully saturated rings. The van der Waals surface area contributed by atoms with Crippen LogP contribution in [0.1, 0.15) is 12.0 Å². The number of nitrogens with zero attached hydrogens (tertiary/aromatic N) is 2. The Morgan fingerprint density at radius 3 is 2.54 bits per heavy atom. The predicted molar refractivity (Wildman–Crippen MR) is 97.1 cm³/mol. The summed E-state index contributed by atoms with van der Waals surface area (Å²) in [4.78, 5) is 28.4. The first-order chi connectivity index (χ1) is 11.3. The van der Waals surface area contributed by atoms with E-state index in [2.05, 4.69) is 4.98 Å². The maximum Gasteiger partial charge on any atom is 0.330 e. The molecule has 0 spiro atoms. The third-order valence-corrected chi connectivity index (χ3v) is 5.16. The minimum Gasteiger partial charge on any atom is -0.383 e. The van der Waals surface area contributed by atoms with E-state index in [9.17, 15) is 9.59 Å². The van der Waals surface area contributed by atoms with E-state index in [1.54, 1.807) is 11.9 Å². The zero-order chi connectivity index (χ0) is 17.5. The molecule has 0 unspecified atom stereocenters. The third-order valence-electron chi connectivity index (χ3n) is 4.23. The lowest BCUT2D eigenvalue weighted by molar-refractivity contribution is 0.715. The molecule has 2 aromatic rings. The molecule has 1 atom stereocenters. The van der Waals surface area contributed by atoms with Gasteiger partial charge in [0.1, 0.15) is 15.8 Å². The molecule has 0 radical (unpaired) electrons. The molecule has 1 saturated carbocycles. The zero-order valence-corrected chi connectivity index (χ0v) is 14.6. The quantitative estimate of drug-likeness (QED) is 0.788. The van der Waals surface area contributed by atoms with Crippen LogP contribution in [0.25, 0.3) is 0 Å². The number of H-pyrrole nitrogens is 1. The van der Waals surface area contributed by atoms with Crippen molar-refractivity contribution in [2.45, 2.75) is 17.3 Å². The summed E-state index contributed by atoms with van der Waals surface area (Å²) < 4.78 is 0.610. The highest BCUT2D eigenvalue weighted by Crippen LogP contribution is 2.53. The van der Waals surface area contributed by atoms with E-state index in [0.29, 0.717) is 13.0 Å². The normalized spacial score (nSPS) is 18.4. The number of nitrogen functional groups attached to an aromatic ring is 1. The summed E-state index contributed by atoms with van der Waals surface area (Å²) in [5, 5.41) is 0. The fourth-order valence-electron chi connectivity index (χ4n) is 2.76. The van der Waals surface area contributed by atoms with Gasteiger partial charge in [0.25, 0.3) is 5.56 Å². The van der Waals surface area contributed by atoms with Crippen molar-refractivity contribution in [1.29, 1.82) is 0 Å². The molecule has 1 aliphatic carbocycles. The number of anilines is 2. The van der Waals surface area contributed by atoms with Gasteiger partial charge in [0.15, 0.2) is 0 Å². The highest BCUT2D eigenvalue weighted by Gasteiger charge is 2.52. The van der Waals surface area contributed by atoms with Crippen LogP contribution in [0.4, 0.5) is 11.5 Å². The minimum atomic E-state index is -0.742. The Morgan fingerprint density at radius 1 is 1.33 bits per heavy atom. The standard InChI is InChI=1S/C16H18Cl2N4O2/c1-21(9-11-7-16(11,17)18)12-13(19)22(15(24)20-14(12)23)8-10-5-3-2-4-6-10/h2-6,11H,7-9,19H2,1H3,(H,20,23,24)/t11-/m0/s1. The Labute approximate surface area is 148 Å². The van der Waals surface area contributed by atoms with Gasteiger partial charge < -0.3 is 10.6 Å². The Balaban J connectivity index is 1.94. The first-order valence-electron chi connectivity index (χ1n) is 7.55. The molecular formula is C16H18Cl2N4O2. The molecule has 128 valence electrons. The van der Waals surface area contributed by atoms with Crippen molar-refractivity contribution in [1.82, 2.24) is 9.55 Å². The SMILES string of the molecule is CN(C[C@@H]1CC1(Cl)Cl)c1c(N)n(Cc2ccccc2)c(=O)[nH]c1=O. The fourth-order valence-corrected chi connectivity index (χ4v) is 3.27. The molecule has 0 bridgehead atoms. The second-order valence-electron chi connectivity index (χ2n) is 6.11. The summed E-state index contributed by atoms with van der Waals surface area (Å²) in [5.74, 6) is 0.199. The van der Waals surface area contributed by atoms with Gasteiger partial charge in [-0.2, -0.15) is 0 Å². The van der Waals surface area contributed by atoms with Gasteiger partial charge in [0.05, 0.1) is 6.54 Å². The van der Waals surface area contributed by atoms with Crippen molar-refractivity contribution in [2.75, 3.05) is 24.2 Å². The topological polar surface area (TPSA) is 84.1 Å².